The summed E-state index contributed by atoms with van der Waals surface area (Å²) >= 11 is 11.9. The number of hydrogen-bond acceptors (Lipinski definition) is 9. The summed E-state index contributed by atoms with van der Waals surface area (Å²) in [5.41, 5.74) is 3.35. The van der Waals surface area contributed by atoms with Crippen molar-refractivity contribution in [3.05, 3.63) is 96.1 Å². The van der Waals surface area contributed by atoms with Crippen LogP contribution in [0.2, 0.25) is 0 Å². The molecule has 5 rings (SSSR count). The number of benzene rings is 4. The Morgan fingerprint density at radius 3 is 2.00 bits per heavy atom. The predicted octanol–water partition coefficient (Wildman–Crippen LogP) is 7.47. The largest absolute Gasteiger partial charge is 0.493 e. The first kappa shape index (κ1) is 37.5. The standard InChI is InChI=1S/C39H42Cl2N2O8/c1-46-31-18-15-27(23-32(31)51-35(44)12-8-9-26-13-16-28(17-14-26)42(21-19-40)22-20-41)36-38(50-30-10-6-5-7-11-30)39(45)43(36)29-24-33(47-2)37(49-4)34(25-29)48-3/h5-7,10-11,13-18,23-25,36,38H,8-9,12,19-22H2,1-4H3/t36-,38+/m1/s1. The van der Waals surface area contributed by atoms with Gasteiger partial charge in [0.1, 0.15) is 11.8 Å². The molecule has 0 unspecified atom stereocenters. The minimum absolute atomic E-state index is 0.193. The Hall–Kier alpha value is -4.80. The zero-order valence-corrected chi connectivity index (χ0v) is 30.6. The van der Waals surface area contributed by atoms with Gasteiger partial charge in [0.25, 0.3) is 5.91 Å². The summed E-state index contributed by atoms with van der Waals surface area (Å²) in [5.74, 6) is 2.71. The Bertz CT molecular complexity index is 1740. The molecule has 1 heterocycles. The van der Waals surface area contributed by atoms with Crippen molar-refractivity contribution < 1.29 is 38.0 Å². The molecule has 0 N–H and O–H groups in total. The second kappa shape index (κ2) is 17.9. The molecule has 1 aliphatic rings. The van der Waals surface area contributed by atoms with Crippen molar-refractivity contribution in [1.82, 2.24) is 0 Å². The van der Waals surface area contributed by atoms with Crippen LogP contribution in [-0.2, 0) is 16.0 Å². The van der Waals surface area contributed by atoms with Crippen LogP contribution >= 0.6 is 23.2 Å². The van der Waals surface area contributed by atoms with Crippen LogP contribution in [0.5, 0.6) is 34.5 Å². The molecule has 0 radical (unpaired) electrons. The topological polar surface area (TPSA) is 96.0 Å². The van der Waals surface area contributed by atoms with Crippen molar-refractivity contribution in [1.29, 1.82) is 0 Å². The lowest BCUT2D eigenvalue weighted by Gasteiger charge is -2.46. The molecule has 0 spiro atoms. The summed E-state index contributed by atoms with van der Waals surface area (Å²) in [6.07, 6.45) is 0.613. The van der Waals surface area contributed by atoms with Gasteiger partial charge in [-0.2, -0.15) is 0 Å². The number of esters is 1. The smallest absolute Gasteiger partial charge is 0.311 e. The van der Waals surface area contributed by atoms with Crippen LogP contribution in [0.4, 0.5) is 11.4 Å². The van der Waals surface area contributed by atoms with E-state index in [0.29, 0.717) is 77.7 Å². The molecule has 12 heteroatoms. The van der Waals surface area contributed by atoms with E-state index in [1.807, 2.05) is 36.4 Å². The molecule has 0 bridgehead atoms. The van der Waals surface area contributed by atoms with Crippen molar-refractivity contribution in [3.63, 3.8) is 0 Å². The first-order valence-corrected chi connectivity index (χ1v) is 17.6. The van der Waals surface area contributed by atoms with Crippen molar-refractivity contribution >= 4 is 46.5 Å². The van der Waals surface area contributed by atoms with Crippen LogP contribution in [0.1, 0.15) is 30.0 Å². The Labute approximate surface area is 308 Å². The average molecular weight is 738 g/mol. The number of carbonyl (C=O) groups excluding carboxylic acids is 2. The Morgan fingerprint density at radius 2 is 1.41 bits per heavy atom. The molecule has 1 amide bonds. The Kier molecular flexibility index (Phi) is 13.2. The van der Waals surface area contributed by atoms with Gasteiger partial charge in [0.15, 0.2) is 23.0 Å². The third-order valence-corrected chi connectivity index (χ3v) is 8.93. The molecule has 1 saturated heterocycles. The lowest BCUT2D eigenvalue weighted by molar-refractivity contribution is -0.135. The number of methoxy groups -OCH3 is 4. The van der Waals surface area contributed by atoms with Crippen LogP contribution < -0.4 is 38.2 Å². The van der Waals surface area contributed by atoms with Gasteiger partial charge in [-0.15, -0.1) is 23.2 Å². The number of alkyl halides is 2. The van der Waals surface area contributed by atoms with Crippen molar-refractivity contribution in [2.24, 2.45) is 0 Å². The molecule has 0 aromatic heterocycles. The maximum atomic E-state index is 13.8. The number of nitrogens with zero attached hydrogens (tertiary/aromatic N) is 2. The minimum Gasteiger partial charge on any atom is -0.493 e. The normalized spacial score (nSPS) is 15.1. The van der Waals surface area contributed by atoms with Crippen molar-refractivity contribution in [3.8, 4) is 34.5 Å². The zero-order valence-electron chi connectivity index (χ0n) is 29.1. The van der Waals surface area contributed by atoms with E-state index in [0.717, 1.165) is 11.3 Å². The van der Waals surface area contributed by atoms with E-state index in [-0.39, 0.29) is 18.1 Å². The predicted molar refractivity (Wildman–Crippen MR) is 199 cm³/mol. The quantitative estimate of drug-likeness (QED) is 0.0446. The summed E-state index contributed by atoms with van der Waals surface area (Å²) in [7, 11) is 6.05. The molecule has 2 atom stereocenters. The minimum atomic E-state index is -0.869. The van der Waals surface area contributed by atoms with E-state index in [2.05, 4.69) is 17.0 Å². The molecule has 4 aromatic carbocycles. The number of rotatable bonds is 18. The Morgan fingerprint density at radius 1 is 0.765 bits per heavy atom. The number of amides is 1. The molecular formula is C39H42Cl2N2O8. The third-order valence-electron chi connectivity index (χ3n) is 8.59. The molecular weight excluding hydrogens is 695 g/mol. The van der Waals surface area contributed by atoms with Crippen LogP contribution in [0.25, 0.3) is 0 Å². The van der Waals surface area contributed by atoms with Gasteiger partial charge < -0.3 is 33.3 Å². The summed E-state index contributed by atoms with van der Waals surface area (Å²) < 4.78 is 34.3. The summed E-state index contributed by atoms with van der Waals surface area (Å²) in [5, 5.41) is 0. The number of hydrogen-bond donors (Lipinski definition) is 0. The summed E-state index contributed by atoms with van der Waals surface area (Å²) in [4.78, 5) is 30.7. The summed E-state index contributed by atoms with van der Waals surface area (Å²) in [6.45, 7) is 1.43. The lowest BCUT2D eigenvalue weighted by Crippen LogP contribution is -2.61. The highest BCUT2D eigenvalue weighted by atomic mass is 35.5. The third kappa shape index (κ3) is 8.75. The molecule has 270 valence electrons. The van der Waals surface area contributed by atoms with Crippen LogP contribution in [0.3, 0.4) is 0 Å². The van der Waals surface area contributed by atoms with Gasteiger partial charge in [-0.1, -0.05) is 36.4 Å². The van der Waals surface area contributed by atoms with Gasteiger partial charge in [-0.25, -0.2) is 0 Å². The molecule has 0 aliphatic carbocycles. The molecule has 1 aliphatic heterocycles. The molecule has 0 saturated carbocycles. The highest BCUT2D eigenvalue weighted by molar-refractivity contribution is 6.18. The van der Waals surface area contributed by atoms with Gasteiger partial charge >= 0.3 is 5.97 Å². The molecule has 4 aromatic rings. The van der Waals surface area contributed by atoms with Crippen molar-refractivity contribution in [2.45, 2.75) is 31.4 Å². The number of para-hydroxylation sites is 1. The van der Waals surface area contributed by atoms with Crippen LogP contribution in [0.15, 0.2) is 84.9 Å². The highest BCUT2D eigenvalue weighted by Crippen LogP contribution is 2.48. The highest BCUT2D eigenvalue weighted by Gasteiger charge is 2.51. The Balaban J connectivity index is 1.35. The molecule has 1 fully saturated rings. The van der Waals surface area contributed by atoms with Gasteiger partial charge in [0.05, 0.1) is 34.1 Å². The van der Waals surface area contributed by atoms with E-state index >= 15 is 0 Å². The summed E-state index contributed by atoms with van der Waals surface area (Å²) in [6, 6.07) is 25.4. The SMILES string of the molecule is COc1ccc([C@@H]2[C@H](Oc3ccccc3)C(=O)N2c2cc(OC)c(OC)c(OC)c2)cc1OC(=O)CCCc1ccc(N(CCCl)CCCl)cc1. The average Bonchev–Trinajstić information content (AvgIpc) is 3.15. The fourth-order valence-corrected chi connectivity index (χ4v) is 6.46. The molecule has 10 nitrogen and oxygen atoms in total. The number of anilines is 2. The first-order valence-electron chi connectivity index (χ1n) is 16.5. The maximum Gasteiger partial charge on any atom is 0.311 e. The zero-order chi connectivity index (χ0) is 36.3. The number of ether oxygens (including phenoxy) is 6. The van der Waals surface area contributed by atoms with E-state index in [9.17, 15) is 9.59 Å². The van der Waals surface area contributed by atoms with Gasteiger partial charge in [-0.05, 0) is 60.4 Å². The number of aryl methyl sites for hydroxylation is 1. The molecule has 51 heavy (non-hydrogen) atoms. The van der Waals surface area contributed by atoms with E-state index < -0.39 is 18.1 Å². The van der Waals surface area contributed by atoms with E-state index in [1.54, 1.807) is 41.3 Å². The lowest BCUT2D eigenvalue weighted by atomic mass is 9.89. The van der Waals surface area contributed by atoms with Gasteiger partial charge in [-0.3, -0.25) is 14.5 Å². The van der Waals surface area contributed by atoms with E-state index in [1.165, 1.54) is 28.4 Å². The second-order valence-electron chi connectivity index (χ2n) is 11.7. The fourth-order valence-electron chi connectivity index (χ4n) is 6.06. The number of β-lactam (4-membered cyclic amide) rings is 1. The van der Waals surface area contributed by atoms with Gasteiger partial charge in [0.2, 0.25) is 11.9 Å². The number of halogens is 2. The van der Waals surface area contributed by atoms with Gasteiger partial charge in [0, 0.05) is 49.1 Å². The van der Waals surface area contributed by atoms with Crippen LogP contribution in [-0.4, -0.2) is 71.3 Å². The van der Waals surface area contributed by atoms with Crippen LogP contribution in [0, 0.1) is 0 Å². The fraction of sp³-hybridized carbons (Fsp3) is 0.333. The van der Waals surface area contributed by atoms with Crippen molar-refractivity contribution in [2.75, 3.05) is 63.1 Å². The van der Waals surface area contributed by atoms with E-state index in [4.69, 9.17) is 51.6 Å². The first-order chi connectivity index (χ1) is 24.8. The maximum absolute atomic E-state index is 13.8. The number of carbonyl (C=O) groups is 2. The monoisotopic (exact) mass is 736 g/mol. The second-order valence-corrected chi connectivity index (χ2v) is 12.4.